The number of rotatable bonds is 3. The van der Waals surface area contributed by atoms with Crippen molar-refractivity contribution in [3.63, 3.8) is 0 Å². The molecule has 66 valence electrons. The first-order chi connectivity index (χ1) is 5.04. The first kappa shape index (κ1) is 14.4. The summed E-state index contributed by atoms with van der Waals surface area (Å²) >= 11 is -0.0833. The topological polar surface area (TPSA) is 0 Å². The Balaban J connectivity index is 0. The van der Waals surface area contributed by atoms with Crippen LogP contribution in [0.25, 0.3) is 0 Å². The average Bonchev–Trinajstić information content (AvgIpc) is 1.85. The molecule has 0 aliphatic rings. The molecular formula is C9H21FHg. The second kappa shape index (κ2) is 10.9. The molecule has 0 bridgehead atoms. The summed E-state index contributed by atoms with van der Waals surface area (Å²) in [6.07, 6.45) is 1.12. The molecule has 0 rings (SSSR count). The van der Waals surface area contributed by atoms with Crippen molar-refractivity contribution < 1.29 is 29.0 Å². The number of alkyl halides is 1. The van der Waals surface area contributed by atoms with E-state index < -0.39 is 6.17 Å². The van der Waals surface area contributed by atoms with Crippen LogP contribution < -0.4 is 0 Å². The Morgan fingerprint density at radius 3 is 1.55 bits per heavy atom. The van der Waals surface area contributed by atoms with Crippen LogP contribution in [-0.2, 0) is 24.6 Å². The molecule has 0 N–H and O–H groups in total. The van der Waals surface area contributed by atoms with Gasteiger partial charge in [0.25, 0.3) is 0 Å². The van der Waals surface area contributed by atoms with Crippen LogP contribution in [0, 0.1) is 5.92 Å². The van der Waals surface area contributed by atoms with Crippen LogP contribution in [0.3, 0.4) is 0 Å². The van der Waals surface area contributed by atoms with Gasteiger partial charge >= 0.3 is 33.4 Å². The Hall–Kier alpha value is 0.865. The minimum atomic E-state index is -0.614. The monoisotopic (exact) mass is 350 g/mol. The summed E-state index contributed by atoms with van der Waals surface area (Å²) in [6, 6.07) is 0. The molecule has 0 nitrogen and oxygen atoms in total. The quantitative estimate of drug-likeness (QED) is 0.678. The maximum absolute atomic E-state index is 12.1. The molecular weight excluding hydrogens is 328 g/mol. The third-order valence-corrected chi connectivity index (χ3v) is 1.14. The molecule has 0 saturated carbocycles. The zero-order valence-electron chi connectivity index (χ0n) is 8.65. The summed E-state index contributed by atoms with van der Waals surface area (Å²) in [4.78, 5) is 0. The number of hydrogen-bond donors (Lipinski definition) is 0. The van der Waals surface area contributed by atoms with E-state index in [0.717, 1.165) is 12.8 Å². The van der Waals surface area contributed by atoms with Crippen LogP contribution in [0.15, 0.2) is 0 Å². The van der Waals surface area contributed by atoms with Gasteiger partial charge < -0.3 is 0 Å². The second-order valence-electron chi connectivity index (χ2n) is 3.46. The normalized spacial score (nSPS) is 11.5. The summed E-state index contributed by atoms with van der Waals surface area (Å²) in [5.74, 6) is 0.646. The molecule has 0 aliphatic heterocycles. The standard InChI is InChI=1S/C7H15F.2CH3.Hg/c1-6(2)4-5-7(3)8;;;/h6-7H,4-5H2,1-3H3;2*1H3;. The van der Waals surface area contributed by atoms with E-state index >= 15 is 0 Å². The SMILES string of the molecule is CC(C)CCC(C)F.[CH3][Hg][CH3]. The van der Waals surface area contributed by atoms with Gasteiger partial charge in [-0.25, -0.2) is 4.39 Å². The Kier molecular flexibility index (Phi) is 14.2. The van der Waals surface area contributed by atoms with Gasteiger partial charge in [0.1, 0.15) is 0 Å². The molecule has 0 aromatic carbocycles. The molecule has 0 spiro atoms. The summed E-state index contributed by atoms with van der Waals surface area (Å²) < 4.78 is 16.8. The van der Waals surface area contributed by atoms with Crippen LogP contribution in [0.2, 0.25) is 8.86 Å². The van der Waals surface area contributed by atoms with Gasteiger partial charge in [0, 0.05) is 0 Å². The van der Waals surface area contributed by atoms with Crippen molar-refractivity contribution in [2.45, 2.75) is 48.6 Å². The van der Waals surface area contributed by atoms with Crippen LogP contribution in [0.1, 0.15) is 33.6 Å². The Morgan fingerprint density at radius 2 is 1.45 bits per heavy atom. The van der Waals surface area contributed by atoms with E-state index in [1.807, 2.05) is 0 Å². The van der Waals surface area contributed by atoms with Crippen LogP contribution in [0.5, 0.6) is 0 Å². The van der Waals surface area contributed by atoms with E-state index in [-0.39, 0.29) is 24.6 Å². The van der Waals surface area contributed by atoms with E-state index in [1.165, 1.54) is 0 Å². The molecule has 2 heteroatoms. The van der Waals surface area contributed by atoms with Gasteiger partial charge in [-0.1, -0.05) is 13.8 Å². The van der Waals surface area contributed by atoms with Crippen LogP contribution >= 0.6 is 0 Å². The van der Waals surface area contributed by atoms with Crippen LogP contribution in [-0.4, -0.2) is 6.17 Å². The van der Waals surface area contributed by atoms with Crippen molar-refractivity contribution >= 4 is 0 Å². The first-order valence-electron chi connectivity index (χ1n) is 4.68. The van der Waals surface area contributed by atoms with Gasteiger partial charge in [-0.3, -0.25) is 0 Å². The van der Waals surface area contributed by atoms with Gasteiger partial charge in [0.15, 0.2) is 0 Å². The van der Waals surface area contributed by atoms with E-state index in [0.29, 0.717) is 5.92 Å². The van der Waals surface area contributed by atoms with E-state index in [2.05, 4.69) is 22.7 Å². The molecule has 0 heterocycles. The zero-order chi connectivity index (χ0) is 9.28. The third kappa shape index (κ3) is 24.8. The molecule has 1 atom stereocenters. The Morgan fingerprint density at radius 1 is 1.09 bits per heavy atom. The minimum absolute atomic E-state index is 0.0833. The fourth-order valence-electron chi connectivity index (χ4n) is 0.563. The molecule has 0 aromatic heterocycles. The molecule has 0 saturated heterocycles. The zero-order valence-corrected chi connectivity index (χ0v) is 14.2. The van der Waals surface area contributed by atoms with Crippen molar-refractivity contribution in [2.75, 3.05) is 0 Å². The van der Waals surface area contributed by atoms with Crippen molar-refractivity contribution in [3.05, 3.63) is 0 Å². The van der Waals surface area contributed by atoms with E-state index in [1.54, 1.807) is 6.92 Å². The summed E-state index contributed by atoms with van der Waals surface area (Å²) in [5.41, 5.74) is 0. The average molecular weight is 349 g/mol. The number of halogens is 1. The van der Waals surface area contributed by atoms with Gasteiger partial charge in [-0.15, -0.1) is 0 Å². The third-order valence-electron chi connectivity index (χ3n) is 1.14. The first-order valence-corrected chi connectivity index (χ1v) is 15.7. The number of hydrogen-bond acceptors (Lipinski definition) is 0. The molecule has 0 radical (unpaired) electrons. The molecule has 0 amide bonds. The molecule has 11 heavy (non-hydrogen) atoms. The fraction of sp³-hybridized carbons (Fsp3) is 1.00. The van der Waals surface area contributed by atoms with E-state index in [9.17, 15) is 4.39 Å². The summed E-state index contributed by atoms with van der Waals surface area (Å²) in [5, 5.41) is 0. The van der Waals surface area contributed by atoms with Gasteiger partial charge in [-0.2, -0.15) is 0 Å². The van der Waals surface area contributed by atoms with Crippen molar-refractivity contribution in [3.8, 4) is 0 Å². The van der Waals surface area contributed by atoms with E-state index in [4.69, 9.17) is 0 Å². The molecule has 1 unspecified atom stereocenters. The molecule has 0 aliphatic carbocycles. The van der Waals surface area contributed by atoms with Crippen LogP contribution in [0.4, 0.5) is 4.39 Å². The maximum atomic E-state index is 12.1. The fourth-order valence-corrected chi connectivity index (χ4v) is 0.563. The summed E-state index contributed by atoms with van der Waals surface area (Å²) in [7, 11) is 0. The van der Waals surface area contributed by atoms with Gasteiger partial charge in [-0.05, 0) is 25.7 Å². The summed E-state index contributed by atoms with van der Waals surface area (Å²) in [6.45, 7) is 5.84. The van der Waals surface area contributed by atoms with Crippen molar-refractivity contribution in [2.24, 2.45) is 5.92 Å². The Labute approximate surface area is 83.4 Å². The predicted octanol–water partition coefficient (Wildman–Crippen LogP) is 3.95. The Bertz CT molecular complexity index is 54.6. The van der Waals surface area contributed by atoms with Gasteiger partial charge in [0.2, 0.25) is 0 Å². The second-order valence-corrected chi connectivity index (χ2v) is 8.96. The van der Waals surface area contributed by atoms with Crippen molar-refractivity contribution in [1.82, 2.24) is 0 Å². The molecule has 0 fully saturated rings. The van der Waals surface area contributed by atoms with Crippen molar-refractivity contribution in [1.29, 1.82) is 0 Å². The van der Waals surface area contributed by atoms with Gasteiger partial charge in [0.05, 0.1) is 6.17 Å². The predicted molar refractivity (Wildman–Crippen MR) is 46.4 cm³/mol. The molecule has 0 aromatic rings.